The number of para-hydroxylation sites is 1. The van der Waals surface area contributed by atoms with Gasteiger partial charge < -0.3 is 19.7 Å². The molecule has 166 valence electrons. The predicted molar refractivity (Wildman–Crippen MR) is 131 cm³/mol. The number of urea groups is 1. The Balaban J connectivity index is 1.53. The maximum absolute atomic E-state index is 13.0. The van der Waals surface area contributed by atoms with Gasteiger partial charge in [-0.25, -0.2) is 4.79 Å². The lowest BCUT2D eigenvalue weighted by Crippen LogP contribution is -2.34. The SMILES string of the molecule is COc1ccc([C@H]2SCCN2C(=O)Nc2c(Cl)cccc2Cl)cc1OCc1ccccc1. The highest BCUT2D eigenvalue weighted by Gasteiger charge is 2.32. The second kappa shape index (κ2) is 10.4. The number of amides is 2. The van der Waals surface area contributed by atoms with Crippen LogP contribution < -0.4 is 14.8 Å². The monoisotopic (exact) mass is 488 g/mol. The van der Waals surface area contributed by atoms with Gasteiger partial charge in [0, 0.05) is 12.3 Å². The van der Waals surface area contributed by atoms with E-state index in [0.717, 1.165) is 16.9 Å². The van der Waals surface area contributed by atoms with Crippen LogP contribution in [-0.2, 0) is 6.61 Å². The third-order valence-corrected chi connectivity index (χ3v) is 6.95. The molecule has 0 unspecified atom stereocenters. The van der Waals surface area contributed by atoms with Gasteiger partial charge in [-0.2, -0.15) is 0 Å². The van der Waals surface area contributed by atoms with E-state index in [1.807, 2.05) is 48.5 Å². The van der Waals surface area contributed by atoms with Crippen LogP contribution in [0, 0.1) is 0 Å². The molecule has 5 nitrogen and oxygen atoms in total. The van der Waals surface area contributed by atoms with Crippen molar-refractivity contribution in [3.63, 3.8) is 0 Å². The summed E-state index contributed by atoms with van der Waals surface area (Å²) in [7, 11) is 1.61. The quantitative estimate of drug-likeness (QED) is 0.411. The number of benzene rings is 3. The molecule has 0 saturated carbocycles. The fraction of sp³-hybridized carbons (Fsp3) is 0.208. The minimum Gasteiger partial charge on any atom is -0.493 e. The molecule has 1 heterocycles. The average Bonchev–Trinajstić information content (AvgIpc) is 3.31. The zero-order valence-corrected chi connectivity index (χ0v) is 19.7. The van der Waals surface area contributed by atoms with Gasteiger partial charge in [0.15, 0.2) is 11.5 Å². The topological polar surface area (TPSA) is 50.8 Å². The number of halogens is 2. The van der Waals surface area contributed by atoms with Crippen LogP contribution >= 0.6 is 35.0 Å². The van der Waals surface area contributed by atoms with Crippen molar-refractivity contribution in [3.8, 4) is 11.5 Å². The van der Waals surface area contributed by atoms with Gasteiger partial charge in [-0.1, -0.05) is 65.7 Å². The fourth-order valence-corrected chi connectivity index (χ4v) is 5.18. The molecule has 1 aliphatic heterocycles. The van der Waals surface area contributed by atoms with Crippen LogP contribution in [0.2, 0.25) is 10.0 Å². The van der Waals surface area contributed by atoms with E-state index >= 15 is 0 Å². The summed E-state index contributed by atoms with van der Waals surface area (Å²) >= 11 is 14.1. The van der Waals surface area contributed by atoms with Gasteiger partial charge in [0.2, 0.25) is 0 Å². The molecule has 32 heavy (non-hydrogen) atoms. The van der Waals surface area contributed by atoms with Crippen LogP contribution in [0.5, 0.6) is 11.5 Å². The van der Waals surface area contributed by atoms with Crippen molar-refractivity contribution in [3.05, 3.63) is 87.9 Å². The Labute approximate surface area is 201 Å². The number of ether oxygens (including phenoxy) is 2. The van der Waals surface area contributed by atoms with Crippen molar-refractivity contribution in [2.75, 3.05) is 24.7 Å². The maximum Gasteiger partial charge on any atom is 0.323 e. The van der Waals surface area contributed by atoms with E-state index in [4.69, 9.17) is 32.7 Å². The first-order valence-electron chi connectivity index (χ1n) is 10.0. The number of nitrogens with one attached hydrogen (secondary N) is 1. The van der Waals surface area contributed by atoms with Crippen molar-refractivity contribution < 1.29 is 14.3 Å². The second-order valence-electron chi connectivity index (χ2n) is 7.13. The van der Waals surface area contributed by atoms with Gasteiger partial charge in [-0.15, -0.1) is 11.8 Å². The molecule has 1 N–H and O–H groups in total. The van der Waals surface area contributed by atoms with Crippen LogP contribution in [0.25, 0.3) is 0 Å². The highest BCUT2D eigenvalue weighted by molar-refractivity contribution is 7.99. The molecule has 8 heteroatoms. The molecule has 0 radical (unpaired) electrons. The summed E-state index contributed by atoms with van der Waals surface area (Å²) in [4.78, 5) is 14.8. The number of rotatable bonds is 6. The Kier molecular flexibility index (Phi) is 7.35. The van der Waals surface area contributed by atoms with E-state index in [-0.39, 0.29) is 11.4 Å². The van der Waals surface area contributed by atoms with E-state index in [2.05, 4.69) is 5.32 Å². The molecule has 0 aromatic heterocycles. The molecule has 4 rings (SSSR count). The van der Waals surface area contributed by atoms with Crippen LogP contribution in [0.3, 0.4) is 0 Å². The molecule has 0 bridgehead atoms. The van der Waals surface area contributed by atoms with E-state index < -0.39 is 0 Å². The fourth-order valence-electron chi connectivity index (χ4n) is 3.45. The van der Waals surface area contributed by atoms with Gasteiger partial charge in [0.1, 0.15) is 12.0 Å². The summed E-state index contributed by atoms with van der Waals surface area (Å²) < 4.78 is 11.5. The first kappa shape index (κ1) is 22.6. The van der Waals surface area contributed by atoms with E-state index in [9.17, 15) is 4.79 Å². The molecule has 2 amide bonds. The molecule has 0 aliphatic carbocycles. The maximum atomic E-state index is 13.0. The van der Waals surface area contributed by atoms with Gasteiger partial charge >= 0.3 is 6.03 Å². The van der Waals surface area contributed by atoms with Crippen molar-refractivity contribution in [2.24, 2.45) is 0 Å². The number of nitrogens with zero attached hydrogens (tertiary/aromatic N) is 1. The number of anilines is 1. The summed E-state index contributed by atoms with van der Waals surface area (Å²) in [5, 5.41) is 3.49. The smallest absolute Gasteiger partial charge is 0.323 e. The molecule has 3 aromatic rings. The number of methoxy groups -OCH3 is 1. The molecule has 1 atom stereocenters. The Bertz CT molecular complexity index is 1080. The van der Waals surface area contributed by atoms with Crippen LogP contribution in [0.15, 0.2) is 66.7 Å². The minimum absolute atomic E-state index is 0.166. The molecule has 0 spiro atoms. The van der Waals surface area contributed by atoms with E-state index in [1.165, 1.54) is 0 Å². The van der Waals surface area contributed by atoms with Crippen LogP contribution in [0.4, 0.5) is 10.5 Å². The highest BCUT2D eigenvalue weighted by Crippen LogP contribution is 2.42. The van der Waals surface area contributed by atoms with Gasteiger partial charge in [0.25, 0.3) is 0 Å². The number of thioether (sulfide) groups is 1. The van der Waals surface area contributed by atoms with Crippen molar-refractivity contribution in [1.29, 1.82) is 0 Å². The van der Waals surface area contributed by atoms with Gasteiger partial charge in [-0.3, -0.25) is 0 Å². The lowest BCUT2D eigenvalue weighted by Gasteiger charge is -2.25. The first-order chi connectivity index (χ1) is 15.6. The van der Waals surface area contributed by atoms with Crippen LogP contribution in [-0.4, -0.2) is 30.3 Å². The number of hydrogen-bond donors (Lipinski definition) is 1. The largest absolute Gasteiger partial charge is 0.493 e. The third-order valence-electron chi connectivity index (χ3n) is 5.06. The van der Waals surface area contributed by atoms with E-state index in [0.29, 0.717) is 40.4 Å². The minimum atomic E-state index is -0.252. The Morgan fingerprint density at radius 2 is 1.81 bits per heavy atom. The zero-order valence-electron chi connectivity index (χ0n) is 17.4. The Morgan fingerprint density at radius 3 is 2.53 bits per heavy atom. The molecular weight excluding hydrogens is 467 g/mol. The van der Waals surface area contributed by atoms with Gasteiger partial charge in [-0.05, 0) is 35.4 Å². The number of carbonyl (C=O) groups is 1. The van der Waals surface area contributed by atoms with Crippen molar-refractivity contribution >= 4 is 46.7 Å². The number of hydrogen-bond acceptors (Lipinski definition) is 4. The Hall–Kier alpha value is -2.54. The predicted octanol–water partition coefficient (Wildman–Crippen LogP) is 6.86. The summed E-state index contributed by atoms with van der Waals surface area (Å²) in [5.41, 5.74) is 2.43. The Morgan fingerprint density at radius 1 is 1.06 bits per heavy atom. The first-order valence-corrected chi connectivity index (χ1v) is 11.8. The van der Waals surface area contributed by atoms with Crippen molar-refractivity contribution in [2.45, 2.75) is 12.0 Å². The lowest BCUT2D eigenvalue weighted by molar-refractivity contribution is 0.214. The zero-order chi connectivity index (χ0) is 22.5. The summed E-state index contributed by atoms with van der Waals surface area (Å²) in [6.07, 6.45) is 0. The number of carbonyl (C=O) groups excluding carboxylic acids is 1. The summed E-state index contributed by atoms with van der Waals surface area (Å²) in [5.74, 6) is 2.10. The lowest BCUT2D eigenvalue weighted by atomic mass is 10.1. The average molecular weight is 489 g/mol. The summed E-state index contributed by atoms with van der Waals surface area (Å²) in [6.45, 7) is 1.03. The molecule has 1 fully saturated rings. The molecular formula is C24H22Cl2N2O3S. The summed E-state index contributed by atoms with van der Waals surface area (Å²) in [6, 6.07) is 20.6. The third kappa shape index (κ3) is 5.09. The highest BCUT2D eigenvalue weighted by atomic mass is 35.5. The molecule has 1 saturated heterocycles. The molecule has 3 aromatic carbocycles. The molecule has 1 aliphatic rings. The van der Waals surface area contributed by atoms with Crippen molar-refractivity contribution in [1.82, 2.24) is 4.90 Å². The van der Waals surface area contributed by atoms with E-state index in [1.54, 1.807) is 42.0 Å². The van der Waals surface area contributed by atoms with Crippen LogP contribution in [0.1, 0.15) is 16.5 Å². The second-order valence-corrected chi connectivity index (χ2v) is 9.13. The normalized spacial score (nSPS) is 15.5. The standard InChI is InChI=1S/C24H22Cl2N2O3S/c1-30-20-11-10-17(14-21(20)31-15-16-6-3-2-4-7-16)23-28(12-13-32-23)24(29)27-22-18(25)8-5-9-19(22)26/h2-11,14,23H,12-13,15H2,1H3,(H,27,29)/t23-/m1/s1. The van der Waals surface area contributed by atoms with Gasteiger partial charge in [0.05, 0.1) is 22.8 Å².